The van der Waals surface area contributed by atoms with Crippen molar-refractivity contribution in [2.24, 2.45) is 0 Å². The van der Waals surface area contributed by atoms with Crippen molar-refractivity contribution in [3.63, 3.8) is 0 Å². The summed E-state index contributed by atoms with van der Waals surface area (Å²) in [6.45, 7) is 2.01. The summed E-state index contributed by atoms with van der Waals surface area (Å²) in [5, 5.41) is 9.56. The fraction of sp³-hybridized carbons (Fsp3) is 0.364. The summed E-state index contributed by atoms with van der Waals surface area (Å²) in [6.07, 6.45) is 0.985. The number of esters is 1. The standard InChI is InChI=1S/C11H14O3/c1-3-8-4-5-9(10(12)6-8)7-11(13)14-2/h4-6,12H,3,7H2,1-2H3. The van der Waals surface area contributed by atoms with Gasteiger partial charge in [-0.3, -0.25) is 4.79 Å². The molecule has 0 amide bonds. The highest BCUT2D eigenvalue weighted by Crippen LogP contribution is 2.19. The number of carbonyl (C=O) groups is 1. The van der Waals surface area contributed by atoms with Crippen molar-refractivity contribution in [2.45, 2.75) is 19.8 Å². The second kappa shape index (κ2) is 4.65. The normalized spacial score (nSPS) is 9.86. The molecule has 0 aliphatic carbocycles. The van der Waals surface area contributed by atoms with Crippen molar-refractivity contribution in [2.75, 3.05) is 7.11 Å². The number of hydrogen-bond acceptors (Lipinski definition) is 3. The van der Waals surface area contributed by atoms with Crippen molar-refractivity contribution in [3.05, 3.63) is 29.3 Å². The molecule has 0 fully saturated rings. The minimum atomic E-state index is -0.343. The molecule has 1 N–H and O–H groups in total. The third-order valence-electron chi connectivity index (χ3n) is 2.12. The second-order valence-electron chi connectivity index (χ2n) is 3.07. The van der Waals surface area contributed by atoms with E-state index in [1.165, 1.54) is 7.11 Å². The average Bonchev–Trinajstić information content (AvgIpc) is 2.20. The Hall–Kier alpha value is -1.51. The first-order valence-corrected chi connectivity index (χ1v) is 4.55. The number of methoxy groups -OCH3 is 1. The predicted molar refractivity (Wildman–Crippen MR) is 53.2 cm³/mol. The summed E-state index contributed by atoms with van der Waals surface area (Å²) in [4.78, 5) is 11.0. The van der Waals surface area contributed by atoms with Gasteiger partial charge in [-0.15, -0.1) is 0 Å². The van der Waals surface area contributed by atoms with Crippen LogP contribution in [-0.4, -0.2) is 18.2 Å². The lowest BCUT2D eigenvalue weighted by molar-refractivity contribution is -0.139. The Labute approximate surface area is 83.3 Å². The third kappa shape index (κ3) is 2.49. The first-order chi connectivity index (χ1) is 6.67. The molecule has 0 heterocycles. The van der Waals surface area contributed by atoms with Crippen LogP contribution in [0.3, 0.4) is 0 Å². The van der Waals surface area contributed by atoms with Crippen molar-refractivity contribution in [1.82, 2.24) is 0 Å². The predicted octanol–water partition coefficient (Wildman–Crippen LogP) is 1.67. The van der Waals surface area contributed by atoms with E-state index in [0.29, 0.717) is 5.56 Å². The number of benzene rings is 1. The minimum absolute atomic E-state index is 0.117. The van der Waals surface area contributed by atoms with Crippen LogP contribution in [0, 0.1) is 0 Å². The zero-order chi connectivity index (χ0) is 10.6. The van der Waals surface area contributed by atoms with Crippen LogP contribution in [0.2, 0.25) is 0 Å². The van der Waals surface area contributed by atoms with Crippen LogP contribution in [0.5, 0.6) is 5.75 Å². The van der Waals surface area contributed by atoms with Gasteiger partial charge in [-0.05, 0) is 18.1 Å². The lowest BCUT2D eigenvalue weighted by atomic mass is 10.1. The first kappa shape index (κ1) is 10.6. The Balaban J connectivity index is 2.83. The SMILES string of the molecule is CCc1ccc(CC(=O)OC)c(O)c1. The number of phenolic OH excluding ortho intramolecular Hbond substituents is 1. The summed E-state index contributed by atoms with van der Waals surface area (Å²) in [5.74, 6) is -0.181. The van der Waals surface area contributed by atoms with Gasteiger partial charge < -0.3 is 9.84 Å². The van der Waals surface area contributed by atoms with Crippen LogP contribution in [0.4, 0.5) is 0 Å². The Kier molecular flexibility index (Phi) is 3.51. The largest absolute Gasteiger partial charge is 0.508 e. The van der Waals surface area contributed by atoms with Crippen molar-refractivity contribution >= 4 is 5.97 Å². The zero-order valence-electron chi connectivity index (χ0n) is 8.41. The Bertz CT molecular complexity index is 331. The Morgan fingerprint density at radius 3 is 2.71 bits per heavy atom. The molecule has 0 bridgehead atoms. The maximum absolute atomic E-state index is 11.0. The van der Waals surface area contributed by atoms with Gasteiger partial charge >= 0.3 is 5.97 Å². The quantitative estimate of drug-likeness (QED) is 0.744. The van der Waals surface area contributed by atoms with E-state index >= 15 is 0 Å². The van der Waals surface area contributed by atoms with Gasteiger partial charge in [-0.1, -0.05) is 19.1 Å². The zero-order valence-corrected chi connectivity index (χ0v) is 8.41. The monoisotopic (exact) mass is 194 g/mol. The molecule has 0 aliphatic heterocycles. The summed E-state index contributed by atoms with van der Waals surface area (Å²) in [6, 6.07) is 5.33. The summed E-state index contributed by atoms with van der Waals surface area (Å²) in [7, 11) is 1.33. The van der Waals surface area contributed by atoms with E-state index in [9.17, 15) is 9.90 Å². The molecule has 3 nitrogen and oxygen atoms in total. The lowest BCUT2D eigenvalue weighted by Crippen LogP contribution is -2.04. The van der Waals surface area contributed by atoms with Gasteiger partial charge in [0, 0.05) is 5.56 Å². The highest BCUT2D eigenvalue weighted by Gasteiger charge is 2.07. The molecule has 0 radical (unpaired) electrons. The van der Waals surface area contributed by atoms with Crippen molar-refractivity contribution in [1.29, 1.82) is 0 Å². The fourth-order valence-corrected chi connectivity index (χ4v) is 1.21. The highest BCUT2D eigenvalue weighted by atomic mass is 16.5. The van der Waals surface area contributed by atoms with Crippen LogP contribution in [0.25, 0.3) is 0 Å². The lowest BCUT2D eigenvalue weighted by Gasteiger charge is -2.04. The van der Waals surface area contributed by atoms with Gasteiger partial charge in [-0.2, -0.15) is 0 Å². The molecule has 76 valence electrons. The van der Waals surface area contributed by atoms with Crippen LogP contribution >= 0.6 is 0 Å². The van der Waals surface area contributed by atoms with E-state index in [-0.39, 0.29) is 18.1 Å². The molecule has 3 heteroatoms. The Morgan fingerprint density at radius 2 is 2.21 bits per heavy atom. The third-order valence-corrected chi connectivity index (χ3v) is 2.12. The van der Waals surface area contributed by atoms with Crippen LogP contribution in [-0.2, 0) is 22.4 Å². The van der Waals surface area contributed by atoms with E-state index in [1.807, 2.05) is 13.0 Å². The van der Waals surface area contributed by atoms with Crippen LogP contribution < -0.4 is 0 Å². The van der Waals surface area contributed by atoms with Crippen molar-refractivity contribution < 1.29 is 14.6 Å². The number of rotatable bonds is 3. The summed E-state index contributed by atoms with van der Waals surface area (Å²) < 4.78 is 4.52. The maximum Gasteiger partial charge on any atom is 0.310 e. The average molecular weight is 194 g/mol. The molecule has 0 atom stereocenters. The van der Waals surface area contributed by atoms with Gasteiger partial charge in [0.15, 0.2) is 0 Å². The molecule has 0 spiro atoms. The molecular weight excluding hydrogens is 180 g/mol. The molecule has 1 aromatic rings. The van der Waals surface area contributed by atoms with E-state index in [2.05, 4.69) is 4.74 Å². The summed E-state index contributed by atoms with van der Waals surface area (Å²) >= 11 is 0. The van der Waals surface area contributed by atoms with Gasteiger partial charge in [0.2, 0.25) is 0 Å². The van der Waals surface area contributed by atoms with E-state index < -0.39 is 0 Å². The van der Waals surface area contributed by atoms with E-state index in [0.717, 1.165) is 12.0 Å². The number of aromatic hydroxyl groups is 1. The molecule has 0 aliphatic rings. The molecule has 0 saturated heterocycles. The van der Waals surface area contributed by atoms with Crippen molar-refractivity contribution in [3.8, 4) is 5.75 Å². The van der Waals surface area contributed by atoms with Gasteiger partial charge in [0.25, 0.3) is 0 Å². The molecule has 0 unspecified atom stereocenters. The molecule has 0 saturated carbocycles. The molecule has 14 heavy (non-hydrogen) atoms. The highest BCUT2D eigenvalue weighted by molar-refractivity contribution is 5.73. The Morgan fingerprint density at radius 1 is 1.50 bits per heavy atom. The number of aryl methyl sites for hydroxylation is 1. The smallest absolute Gasteiger partial charge is 0.310 e. The minimum Gasteiger partial charge on any atom is -0.508 e. The summed E-state index contributed by atoms with van der Waals surface area (Å²) in [5.41, 5.74) is 1.66. The molecule has 0 aromatic heterocycles. The number of hydrogen-bond donors (Lipinski definition) is 1. The maximum atomic E-state index is 11.0. The van der Waals surface area contributed by atoms with Crippen LogP contribution in [0.15, 0.2) is 18.2 Å². The molecule has 1 rings (SSSR count). The number of ether oxygens (including phenoxy) is 1. The first-order valence-electron chi connectivity index (χ1n) is 4.55. The van der Waals surface area contributed by atoms with E-state index in [4.69, 9.17) is 0 Å². The van der Waals surface area contributed by atoms with Gasteiger partial charge in [0.1, 0.15) is 5.75 Å². The molecular formula is C11H14O3. The van der Waals surface area contributed by atoms with Crippen LogP contribution in [0.1, 0.15) is 18.1 Å². The van der Waals surface area contributed by atoms with E-state index in [1.54, 1.807) is 12.1 Å². The topological polar surface area (TPSA) is 46.5 Å². The molecule has 1 aromatic carbocycles. The fourth-order valence-electron chi connectivity index (χ4n) is 1.21. The number of phenols is 1. The number of carbonyl (C=O) groups excluding carboxylic acids is 1. The second-order valence-corrected chi connectivity index (χ2v) is 3.07. The van der Waals surface area contributed by atoms with Gasteiger partial charge in [-0.25, -0.2) is 0 Å². The van der Waals surface area contributed by atoms with Gasteiger partial charge in [0.05, 0.1) is 13.5 Å².